The number of carbonyl (C=O) groups excluding carboxylic acids is 1. The van der Waals surface area contributed by atoms with Crippen molar-refractivity contribution in [2.45, 2.75) is 45.4 Å². The van der Waals surface area contributed by atoms with Gasteiger partial charge in [-0.3, -0.25) is 4.79 Å². The highest BCUT2D eigenvalue weighted by molar-refractivity contribution is 5.86. The molecule has 1 atom stereocenters. The fraction of sp³-hybridized carbons (Fsp3) is 0.588. The summed E-state index contributed by atoms with van der Waals surface area (Å²) in [6.45, 7) is 6.34. The molecule has 1 aliphatic carbocycles. The van der Waals surface area contributed by atoms with Gasteiger partial charge in [0.25, 0.3) is 0 Å². The van der Waals surface area contributed by atoms with Gasteiger partial charge in [0.05, 0.1) is 14.2 Å². The topological polar surface area (TPSA) is 35.5 Å². The third-order valence-corrected chi connectivity index (χ3v) is 4.86. The molecule has 110 valence electrons. The van der Waals surface area contributed by atoms with E-state index in [0.717, 1.165) is 36.1 Å². The second-order valence-electron chi connectivity index (χ2n) is 6.34. The van der Waals surface area contributed by atoms with E-state index in [4.69, 9.17) is 9.47 Å². The molecule has 0 saturated heterocycles. The number of esters is 1. The number of aryl methyl sites for hydroxylation is 1. The van der Waals surface area contributed by atoms with E-state index in [9.17, 15) is 4.79 Å². The van der Waals surface area contributed by atoms with Gasteiger partial charge in [-0.25, -0.2) is 0 Å². The van der Waals surface area contributed by atoms with Crippen LogP contribution in [0.15, 0.2) is 18.2 Å². The molecule has 0 heterocycles. The van der Waals surface area contributed by atoms with Crippen molar-refractivity contribution < 1.29 is 14.3 Å². The maximum atomic E-state index is 12.7. The van der Waals surface area contributed by atoms with Crippen molar-refractivity contribution in [3.63, 3.8) is 0 Å². The van der Waals surface area contributed by atoms with Gasteiger partial charge in [0.15, 0.2) is 0 Å². The Bertz CT molecular complexity index is 519. The third kappa shape index (κ3) is 2.00. The molecule has 0 amide bonds. The Morgan fingerprint density at radius 3 is 2.40 bits per heavy atom. The molecule has 1 aromatic rings. The third-order valence-electron chi connectivity index (χ3n) is 4.86. The van der Waals surface area contributed by atoms with Gasteiger partial charge in [0.1, 0.15) is 11.2 Å². The molecule has 0 N–H and O–H groups in total. The molecule has 1 aromatic carbocycles. The first-order valence-electron chi connectivity index (χ1n) is 7.12. The lowest BCUT2D eigenvalue weighted by Crippen LogP contribution is -2.45. The van der Waals surface area contributed by atoms with Gasteiger partial charge in [-0.2, -0.15) is 0 Å². The molecule has 0 unspecified atom stereocenters. The summed E-state index contributed by atoms with van der Waals surface area (Å²) >= 11 is 0. The van der Waals surface area contributed by atoms with Gasteiger partial charge in [-0.1, -0.05) is 38.0 Å². The molecule has 3 nitrogen and oxygen atoms in total. The summed E-state index contributed by atoms with van der Waals surface area (Å²) in [5, 5.41) is 0. The van der Waals surface area contributed by atoms with Crippen LogP contribution in [0.5, 0.6) is 5.75 Å². The Balaban J connectivity index is 2.71. The van der Waals surface area contributed by atoms with Gasteiger partial charge in [0.2, 0.25) is 0 Å². The van der Waals surface area contributed by atoms with Gasteiger partial charge in [-0.15, -0.1) is 0 Å². The van der Waals surface area contributed by atoms with E-state index < -0.39 is 5.41 Å². The average Bonchev–Trinajstić information content (AvgIpc) is 2.74. The maximum Gasteiger partial charge on any atom is 0.316 e. The first kappa shape index (κ1) is 14.9. The highest BCUT2D eigenvalue weighted by Crippen LogP contribution is 2.56. The van der Waals surface area contributed by atoms with E-state index in [2.05, 4.69) is 19.9 Å². The van der Waals surface area contributed by atoms with Crippen LogP contribution in [-0.2, 0) is 14.9 Å². The summed E-state index contributed by atoms with van der Waals surface area (Å²) in [5.41, 5.74) is 1.35. The van der Waals surface area contributed by atoms with Crippen molar-refractivity contribution in [2.75, 3.05) is 14.2 Å². The lowest BCUT2D eigenvalue weighted by atomic mass is 9.63. The number of carbonyl (C=O) groups is 1. The fourth-order valence-electron chi connectivity index (χ4n) is 3.66. The van der Waals surface area contributed by atoms with Crippen molar-refractivity contribution >= 4 is 5.97 Å². The second kappa shape index (κ2) is 5.12. The zero-order valence-electron chi connectivity index (χ0n) is 13.1. The molecule has 1 saturated carbocycles. The molecule has 1 aliphatic rings. The molecule has 2 rings (SSSR count). The first-order valence-corrected chi connectivity index (χ1v) is 7.12. The highest BCUT2D eigenvalue weighted by Gasteiger charge is 2.57. The van der Waals surface area contributed by atoms with Crippen LogP contribution in [-0.4, -0.2) is 20.2 Å². The van der Waals surface area contributed by atoms with Crippen molar-refractivity contribution in [2.24, 2.45) is 5.41 Å². The Labute approximate surface area is 121 Å². The van der Waals surface area contributed by atoms with E-state index in [1.165, 1.54) is 7.11 Å². The Kier molecular flexibility index (Phi) is 3.81. The first-order chi connectivity index (χ1) is 9.39. The Morgan fingerprint density at radius 2 is 1.90 bits per heavy atom. The van der Waals surface area contributed by atoms with Crippen molar-refractivity contribution in [1.29, 1.82) is 0 Å². The summed E-state index contributed by atoms with van der Waals surface area (Å²) < 4.78 is 10.7. The summed E-state index contributed by atoms with van der Waals surface area (Å²) in [7, 11) is 3.13. The van der Waals surface area contributed by atoms with Crippen molar-refractivity contribution in [3.05, 3.63) is 29.3 Å². The van der Waals surface area contributed by atoms with Crippen LogP contribution >= 0.6 is 0 Å². The van der Waals surface area contributed by atoms with E-state index in [-0.39, 0.29) is 11.4 Å². The van der Waals surface area contributed by atoms with Crippen molar-refractivity contribution in [3.8, 4) is 5.75 Å². The molecule has 0 aliphatic heterocycles. The Hall–Kier alpha value is -1.51. The van der Waals surface area contributed by atoms with Crippen molar-refractivity contribution in [1.82, 2.24) is 0 Å². The van der Waals surface area contributed by atoms with E-state index in [1.807, 2.05) is 19.1 Å². The lowest BCUT2D eigenvalue weighted by molar-refractivity contribution is -0.151. The van der Waals surface area contributed by atoms with Gasteiger partial charge in [-0.05, 0) is 31.2 Å². The minimum Gasteiger partial charge on any atom is -0.496 e. The predicted octanol–water partition coefficient (Wildman–Crippen LogP) is 3.62. The molecule has 1 fully saturated rings. The minimum atomic E-state index is -0.612. The molecular formula is C17H24O3. The van der Waals surface area contributed by atoms with Gasteiger partial charge < -0.3 is 9.47 Å². The molecule has 0 bridgehead atoms. The standard InChI is InChI=1S/C17H24O3/c1-12-7-8-14(19-4)13(11-12)17(15(18)20-5)10-6-9-16(17,2)3/h7-8,11H,6,9-10H2,1-5H3/t17-/m0/s1. The Morgan fingerprint density at radius 1 is 1.20 bits per heavy atom. The van der Waals surface area contributed by atoms with Crippen LogP contribution in [0.2, 0.25) is 0 Å². The summed E-state index contributed by atoms with van der Waals surface area (Å²) in [6, 6.07) is 6.03. The van der Waals surface area contributed by atoms with Gasteiger partial charge >= 0.3 is 5.97 Å². The number of ether oxygens (including phenoxy) is 2. The smallest absolute Gasteiger partial charge is 0.316 e. The number of hydrogen-bond donors (Lipinski definition) is 0. The zero-order chi connectivity index (χ0) is 15.0. The number of hydrogen-bond acceptors (Lipinski definition) is 3. The molecule has 0 radical (unpaired) electrons. The average molecular weight is 276 g/mol. The molecule has 3 heteroatoms. The quantitative estimate of drug-likeness (QED) is 0.791. The van der Waals surface area contributed by atoms with Gasteiger partial charge in [0, 0.05) is 5.56 Å². The summed E-state index contributed by atoms with van der Waals surface area (Å²) in [6.07, 6.45) is 2.85. The molecule has 0 aromatic heterocycles. The lowest BCUT2D eigenvalue weighted by Gasteiger charge is -2.40. The second-order valence-corrected chi connectivity index (χ2v) is 6.34. The van der Waals surface area contributed by atoms with E-state index >= 15 is 0 Å². The summed E-state index contributed by atoms with van der Waals surface area (Å²) in [5.74, 6) is 0.625. The molecule has 20 heavy (non-hydrogen) atoms. The van der Waals surface area contributed by atoms with Crippen LogP contribution in [0.25, 0.3) is 0 Å². The highest BCUT2D eigenvalue weighted by atomic mass is 16.5. The maximum absolute atomic E-state index is 12.7. The predicted molar refractivity (Wildman–Crippen MR) is 79.1 cm³/mol. The number of benzene rings is 1. The largest absolute Gasteiger partial charge is 0.496 e. The van der Waals surface area contributed by atoms with E-state index in [0.29, 0.717) is 0 Å². The zero-order valence-corrected chi connectivity index (χ0v) is 13.1. The number of rotatable bonds is 3. The molecular weight excluding hydrogens is 252 g/mol. The number of methoxy groups -OCH3 is 2. The summed E-state index contributed by atoms with van der Waals surface area (Å²) in [4.78, 5) is 12.7. The SMILES string of the molecule is COC(=O)[C@@]1(c2cc(C)ccc2OC)CCCC1(C)C. The van der Waals surface area contributed by atoms with Crippen LogP contribution in [0.3, 0.4) is 0 Å². The normalized spacial score (nSPS) is 24.4. The van der Waals surface area contributed by atoms with Crippen LogP contribution in [0.4, 0.5) is 0 Å². The van der Waals surface area contributed by atoms with Crippen LogP contribution in [0, 0.1) is 12.3 Å². The van der Waals surface area contributed by atoms with E-state index in [1.54, 1.807) is 7.11 Å². The minimum absolute atomic E-state index is 0.138. The van der Waals surface area contributed by atoms with Crippen LogP contribution in [0.1, 0.15) is 44.2 Å². The fourth-order valence-corrected chi connectivity index (χ4v) is 3.66. The van der Waals surface area contributed by atoms with Crippen LogP contribution < -0.4 is 4.74 Å². The molecule has 0 spiro atoms. The monoisotopic (exact) mass is 276 g/mol.